The summed E-state index contributed by atoms with van der Waals surface area (Å²) in [6, 6.07) is 6.24. The van der Waals surface area contributed by atoms with Gasteiger partial charge in [0.25, 0.3) is 0 Å². The summed E-state index contributed by atoms with van der Waals surface area (Å²) >= 11 is 3.29. The van der Waals surface area contributed by atoms with Crippen molar-refractivity contribution in [2.45, 2.75) is 42.7 Å². The van der Waals surface area contributed by atoms with E-state index in [0.717, 1.165) is 17.3 Å². The maximum atomic E-state index is 12.5. The molecule has 1 fully saturated rings. The molecule has 4 nitrogen and oxygen atoms in total. The molecule has 0 bridgehead atoms. The molecule has 1 aliphatic carbocycles. The van der Waals surface area contributed by atoms with Crippen LogP contribution in [0.2, 0.25) is 0 Å². The molecule has 0 heterocycles. The summed E-state index contributed by atoms with van der Waals surface area (Å²) in [4.78, 5) is 0.260. The zero-order valence-electron chi connectivity index (χ0n) is 10.8. The average Bonchev–Trinajstić information content (AvgIpc) is 2.39. The number of benzene rings is 1. The first-order chi connectivity index (χ1) is 8.93. The highest BCUT2D eigenvalue weighted by atomic mass is 79.9. The fourth-order valence-corrected chi connectivity index (χ4v) is 4.15. The van der Waals surface area contributed by atoms with E-state index in [1.807, 2.05) is 0 Å². The second-order valence-corrected chi connectivity index (χ2v) is 7.81. The Bertz CT molecular complexity index is 529. The van der Waals surface area contributed by atoms with Crippen LogP contribution in [0.4, 0.5) is 0 Å². The highest BCUT2D eigenvalue weighted by molar-refractivity contribution is 9.10. The van der Waals surface area contributed by atoms with Crippen LogP contribution in [0.25, 0.3) is 0 Å². The summed E-state index contributed by atoms with van der Waals surface area (Å²) in [5, 5.41) is 9.98. The van der Waals surface area contributed by atoms with Gasteiger partial charge in [-0.05, 0) is 37.1 Å². The molecule has 1 saturated carbocycles. The van der Waals surface area contributed by atoms with Crippen LogP contribution in [-0.4, -0.2) is 37.0 Å². The normalized spacial score (nSPS) is 24.6. The van der Waals surface area contributed by atoms with Crippen LogP contribution in [0.5, 0.6) is 0 Å². The highest BCUT2D eigenvalue weighted by Crippen LogP contribution is 2.27. The minimum absolute atomic E-state index is 0.260. The molecule has 1 N–H and O–H groups in total. The molecule has 6 heteroatoms. The Morgan fingerprint density at radius 1 is 1.21 bits per heavy atom. The van der Waals surface area contributed by atoms with Gasteiger partial charge in [0.05, 0.1) is 17.0 Å². The second-order valence-electron chi connectivity index (χ2n) is 4.89. The molecule has 0 aromatic heterocycles. The Labute approximate surface area is 122 Å². The summed E-state index contributed by atoms with van der Waals surface area (Å²) < 4.78 is 27.1. The first kappa shape index (κ1) is 15.0. The van der Waals surface area contributed by atoms with Crippen molar-refractivity contribution in [2.75, 3.05) is 7.05 Å². The summed E-state index contributed by atoms with van der Waals surface area (Å²) in [6.45, 7) is 0. The minimum Gasteiger partial charge on any atom is -0.391 e. The number of aliphatic hydroxyl groups is 1. The van der Waals surface area contributed by atoms with Gasteiger partial charge in [-0.25, -0.2) is 8.42 Å². The lowest BCUT2D eigenvalue weighted by Gasteiger charge is -2.34. The third-order valence-corrected chi connectivity index (χ3v) is 6.08. The molecule has 19 heavy (non-hydrogen) atoms. The van der Waals surface area contributed by atoms with E-state index in [9.17, 15) is 13.5 Å². The Morgan fingerprint density at radius 2 is 1.79 bits per heavy atom. The molecule has 106 valence electrons. The van der Waals surface area contributed by atoms with Crippen LogP contribution in [0.3, 0.4) is 0 Å². The Kier molecular flexibility index (Phi) is 4.66. The fraction of sp³-hybridized carbons (Fsp3) is 0.538. The molecule has 1 aliphatic rings. The third-order valence-electron chi connectivity index (χ3n) is 3.65. The summed E-state index contributed by atoms with van der Waals surface area (Å²) in [5.41, 5.74) is 0. The molecule has 0 saturated heterocycles. The number of sulfonamides is 1. The Hall–Kier alpha value is -0.430. The van der Waals surface area contributed by atoms with E-state index >= 15 is 0 Å². The lowest BCUT2D eigenvalue weighted by Crippen LogP contribution is -2.46. The summed E-state index contributed by atoms with van der Waals surface area (Å²) in [5.74, 6) is 0. The van der Waals surface area contributed by atoms with Crippen molar-refractivity contribution >= 4 is 26.0 Å². The number of likely N-dealkylation sites (N-methyl/N-ethyl adjacent to an activating group) is 1. The van der Waals surface area contributed by atoms with Crippen molar-refractivity contribution in [2.24, 2.45) is 0 Å². The fourth-order valence-electron chi connectivity index (χ4n) is 2.47. The van der Waals surface area contributed by atoms with Crippen molar-refractivity contribution in [3.05, 3.63) is 28.7 Å². The molecular formula is C13H18BrNO3S. The summed E-state index contributed by atoms with van der Waals surface area (Å²) in [7, 11) is -1.98. The zero-order valence-corrected chi connectivity index (χ0v) is 13.2. The molecule has 2 atom stereocenters. The first-order valence-electron chi connectivity index (χ1n) is 6.34. The highest BCUT2D eigenvalue weighted by Gasteiger charge is 2.34. The first-order valence-corrected chi connectivity index (χ1v) is 8.58. The Balaban J connectivity index is 2.25. The van der Waals surface area contributed by atoms with Crippen molar-refractivity contribution < 1.29 is 13.5 Å². The smallest absolute Gasteiger partial charge is 0.243 e. The number of aliphatic hydroxyl groups excluding tert-OH is 1. The SMILES string of the molecule is CN([C@@H]1CCCC[C@@H]1O)S(=O)(=O)c1ccc(Br)cc1. The molecule has 0 radical (unpaired) electrons. The number of hydrogen-bond donors (Lipinski definition) is 1. The molecule has 0 unspecified atom stereocenters. The molecule has 0 aliphatic heterocycles. The van der Waals surface area contributed by atoms with Crippen LogP contribution in [0.15, 0.2) is 33.6 Å². The van der Waals surface area contributed by atoms with Gasteiger partial charge in [-0.3, -0.25) is 0 Å². The van der Waals surface area contributed by atoms with Crippen LogP contribution >= 0.6 is 15.9 Å². The maximum Gasteiger partial charge on any atom is 0.243 e. The van der Waals surface area contributed by atoms with Crippen molar-refractivity contribution in [1.82, 2.24) is 4.31 Å². The predicted molar refractivity (Wildman–Crippen MR) is 77.4 cm³/mol. The van der Waals surface area contributed by atoms with E-state index < -0.39 is 16.1 Å². The monoisotopic (exact) mass is 347 g/mol. The molecule has 1 aromatic rings. The molecule has 0 spiro atoms. The van der Waals surface area contributed by atoms with Gasteiger partial charge in [0.1, 0.15) is 0 Å². The summed E-state index contributed by atoms with van der Waals surface area (Å²) in [6.07, 6.45) is 2.74. The van der Waals surface area contributed by atoms with Crippen molar-refractivity contribution in [1.29, 1.82) is 0 Å². The predicted octanol–water partition coefficient (Wildman–Crippen LogP) is 2.37. The topological polar surface area (TPSA) is 57.6 Å². The van der Waals surface area contributed by atoms with Crippen LogP contribution in [0, 0.1) is 0 Å². The van der Waals surface area contributed by atoms with E-state index in [1.165, 1.54) is 4.31 Å². The van der Waals surface area contributed by atoms with Gasteiger partial charge in [-0.15, -0.1) is 0 Å². The van der Waals surface area contributed by atoms with E-state index in [2.05, 4.69) is 15.9 Å². The average molecular weight is 348 g/mol. The van der Waals surface area contributed by atoms with Crippen LogP contribution in [0.1, 0.15) is 25.7 Å². The van der Waals surface area contributed by atoms with Gasteiger partial charge >= 0.3 is 0 Å². The second kappa shape index (κ2) is 5.91. The molecular weight excluding hydrogens is 330 g/mol. The Morgan fingerprint density at radius 3 is 2.37 bits per heavy atom. The lowest BCUT2D eigenvalue weighted by atomic mass is 9.93. The molecule has 0 amide bonds. The number of hydrogen-bond acceptors (Lipinski definition) is 3. The third kappa shape index (κ3) is 3.18. The van der Waals surface area contributed by atoms with E-state index in [-0.39, 0.29) is 10.9 Å². The van der Waals surface area contributed by atoms with Gasteiger partial charge in [-0.1, -0.05) is 28.8 Å². The molecule has 2 rings (SSSR count). The maximum absolute atomic E-state index is 12.5. The zero-order chi connectivity index (χ0) is 14.0. The van der Waals surface area contributed by atoms with E-state index in [1.54, 1.807) is 31.3 Å². The number of nitrogens with zero attached hydrogens (tertiary/aromatic N) is 1. The van der Waals surface area contributed by atoms with E-state index in [4.69, 9.17) is 0 Å². The van der Waals surface area contributed by atoms with Gasteiger partial charge in [0.15, 0.2) is 0 Å². The van der Waals surface area contributed by atoms with Gasteiger partial charge in [0.2, 0.25) is 10.0 Å². The lowest BCUT2D eigenvalue weighted by molar-refractivity contribution is 0.0638. The van der Waals surface area contributed by atoms with E-state index in [0.29, 0.717) is 12.8 Å². The number of rotatable bonds is 3. The standard InChI is InChI=1S/C13H18BrNO3S/c1-15(12-4-2-3-5-13(12)16)19(17,18)11-8-6-10(14)7-9-11/h6-9,12-13,16H,2-5H2,1H3/t12-,13+/m1/s1. The van der Waals surface area contributed by atoms with Gasteiger partial charge < -0.3 is 5.11 Å². The largest absolute Gasteiger partial charge is 0.391 e. The van der Waals surface area contributed by atoms with Crippen LogP contribution in [-0.2, 0) is 10.0 Å². The van der Waals surface area contributed by atoms with Crippen LogP contribution < -0.4 is 0 Å². The minimum atomic E-state index is -3.54. The van der Waals surface area contributed by atoms with Crippen molar-refractivity contribution in [3.63, 3.8) is 0 Å². The van der Waals surface area contributed by atoms with Gasteiger partial charge in [-0.2, -0.15) is 4.31 Å². The quantitative estimate of drug-likeness (QED) is 0.913. The molecule has 1 aromatic carbocycles. The number of halogens is 1. The van der Waals surface area contributed by atoms with Gasteiger partial charge in [0, 0.05) is 11.5 Å². The van der Waals surface area contributed by atoms with Crippen molar-refractivity contribution in [3.8, 4) is 0 Å².